The number of halogens is 1. The van der Waals surface area contributed by atoms with E-state index in [4.69, 9.17) is 16.3 Å². The number of ether oxygens (including phenoxy) is 1. The van der Waals surface area contributed by atoms with Gasteiger partial charge in [0.1, 0.15) is 5.75 Å². The van der Waals surface area contributed by atoms with Crippen LogP contribution in [-0.2, 0) is 17.9 Å². The number of aromatic nitrogens is 2. The summed E-state index contributed by atoms with van der Waals surface area (Å²) in [5.41, 5.74) is 2.33. The highest BCUT2D eigenvalue weighted by Gasteiger charge is 2.06. The highest BCUT2D eigenvalue weighted by Crippen LogP contribution is 2.18. The molecule has 0 fully saturated rings. The van der Waals surface area contributed by atoms with Gasteiger partial charge in [0, 0.05) is 36.2 Å². The Morgan fingerprint density at radius 2 is 1.93 bits per heavy atom. The Hall–Kier alpha value is -3.12. The molecule has 0 aliphatic carbocycles. The first kappa shape index (κ1) is 20.6. The van der Waals surface area contributed by atoms with Crippen LogP contribution in [0, 0.1) is 0 Å². The van der Waals surface area contributed by atoms with Gasteiger partial charge >= 0.3 is 0 Å². The lowest BCUT2D eigenvalue weighted by Gasteiger charge is -2.09. The van der Waals surface area contributed by atoms with E-state index >= 15 is 0 Å². The molecule has 0 atom stereocenters. The van der Waals surface area contributed by atoms with E-state index in [1.54, 1.807) is 25.3 Å². The summed E-state index contributed by atoms with van der Waals surface area (Å²) in [4.78, 5) is 24.2. The molecule has 1 N–H and O–H groups in total. The Bertz CT molecular complexity index is 1030. The molecule has 6 nitrogen and oxygen atoms in total. The average Bonchev–Trinajstić information content (AvgIpc) is 2.74. The molecule has 0 unspecified atom stereocenters. The predicted octanol–water partition coefficient (Wildman–Crippen LogP) is 3.67. The fourth-order valence-corrected chi connectivity index (χ4v) is 2.97. The lowest BCUT2D eigenvalue weighted by Crippen LogP contribution is -2.25. The largest absolute Gasteiger partial charge is 0.497 e. The van der Waals surface area contributed by atoms with Gasteiger partial charge in [-0.15, -0.1) is 0 Å². The predicted molar refractivity (Wildman–Crippen MR) is 113 cm³/mol. The maximum absolute atomic E-state index is 12.1. The van der Waals surface area contributed by atoms with Crippen molar-refractivity contribution < 1.29 is 9.53 Å². The lowest BCUT2D eigenvalue weighted by molar-refractivity contribution is -0.121. The maximum Gasteiger partial charge on any atom is 0.266 e. The zero-order valence-electron chi connectivity index (χ0n) is 16.1. The van der Waals surface area contributed by atoms with Gasteiger partial charge in [-0.05, 0) is 42.3 Å². The topological polar surface area (TPSA) is 73.2 Å². The van der Waals surface area contributed by atoms with Gasteiger partial charge in [-0.3, -0.25) is 9.59 Å². The van der Waals surface area contributed by atoms with E-state index in [9.17, 15) is 9.59 Å². The molecule has 1 amide bonds. The van der Waals surface area contributed by atoms with Crippen LogP contribution in [0.15, 0.2) is 65.5 Å². The summed E-state index contributed by atoms with van der Waals surface area (Å²) in [5, 5.41) is 7.92. The summed E-state index contributed by atoms with van der Waals surface area (Å²) in [7, 11) is 1.61. The van der Waals surface area contributed by atoms with Gasteiger partial charge in [-0.25, -0.2) is 4.68 Å². The second kappa shape index (κ2) is 9.89. The Morgan fingerprint density at radius 1 is 1.14 bits per heavy atom. The van der Waals surface area contributed by atoms with E-state index in [0.29, 0.717) is 36.6 Å². The Morgan fingerprint density at radius 3 is 2.69 bits per heavy atom. The first-order valence-corrected chi connectivity index (χ1v) is 9.67. The summed E-state index contributed by atoms with van der Waals surface area (Å²) >= 11 is 5.91. The number of rotatable bonds is 8. The smallest absolute Gasteiger partial charge is 0.266 e. The fraction of sp³-hybridized carbons (Fsp3) is 0.227. The number of benzene rings is 2. The minimum Gasteiger partial charge on any atom is -0.497 e. The van der Waals surface area contributed by atoms with Crippen LogP contribution in [0.4, 0.5) is 0 Å². The SMILES string of the molecule is COc1cccc(CNC(=O)CCCn2nc(-c3ccc(Cl)cc3)ccc2=O)c1. The van der Waals surface area contributed by atoms with E-state index in [1.165, 1.54) is 10.7 Å². The van der Waals surface area contributed by atoms with Crippen molar-refractivity contribution in [1.29, 1.82) is 0 Å². The van der Waals surface area contributed by atoms with Gasteiger partial charge in [0.15, 0.2) is 0 Å². The first-order chi connectivity index (χ1) is 14.0. The van der Waals surface area contributed by atoms with E-state index < -0.39 is 0 Å². The number of aryl methyl sites for hydroxylation is 1. The molecule has 0 aliphatic heterocycles. The number of nitrogens with one attached hydrogen (secondary N) is 1. The number of amides is 1. The Balaban J connectivity index is 1.53. The fourth-order valence-electron chi connectivity index (χ4n) is 2.84. The first-order valence-electron chi connectivity index (χ1n) is 9.29. The minimum absolute atomic E-state index is 0.0743. The lowest BCUT2D eigenvalue weighted by atomic mass is 10.1. The molecular formula is C22H22ClN3O3. The van der Waals surface area contributed by atoms with Gasteiger partial charge < -0.3 is 10.1 Å². The van der Waals surface area contributed by atoms with Crippen LogP contribution in [0.25, 0.3) is 11.3 Å². The minimum atomic E-state index is -0.195. The van der Waals surface area contributed by atoms with Crippen LogP contribution in [0.3, 0.4) is 0 Å². The maximum atomic E-state index is 12.1. The molecule has 0 radical (unpaired) electrons. The summed E-state index contributed by atoms with van der Waals surface area (Å²) in [5.74, 6) is 0.678. The van der Waals surface area contributed by atoms with E-state index in [0.717, 1.165) is 16.9 Å². The van der Waals surface area contributed by atoms with Gasteiger partial charge in [0.05, 0.1) is 12.8 Å². The summed E-state index contributed by atoms with van der Waals surface area (Å²) in [6, 6.07) is 18.0. The molecule has 150 valence electrons. The quantitative estimate of drug-likeness (QED) is 0.613. The number of carbonyl (C=O) groups is 1. The van der Waals surface area contributed by atoms with Crippen molar-refractivity contribution in [1.82, 2.24) is 15.1 Å². The van der Waals surface area contributed by atoms with E-state index in [-0.39, 0.29) is 11.5 Å². The van der Waals surface area contributed by atoms with Crippen LogP contribution in [0.1, 0.15) is 18.4 Å². The van der Waals surface area contributed by atoms with Crippen molar-refractivity contribution in [2.24, 2.45) is 0 Å². The molecule has 7 heteroatoms. The van der Waals surface area contributed by atoms with Crippen molar-refractivity contribution in [3.63, 3.8) is 0 Å². The van der Waals surface area contributed by atoms with E-state index in [2.05, 4.69) is 10.4 Å². The van der Waals surface area contributed by atoms with Crippen LogP contribution < -0.4 is 15.6 Å². The Kier molecular flexibility index (Phi) is 7.03. The van der Waals surface area contributed by atoms with Crippen molar-refractivity contribution in [2.75, 3.05) is 7.11 Å². The highest BCUT2D eigenvalue weighted by atomic mass is 35.5. The highest BCUT2D eigenvalue weighted by molar-refractivity contribution is 6.30. The van der Waals surface area contributed by atoms with E-state index in [1.807, 2.05) is 36.4 Å². The van der Waals surface area contributed by atoms with Crippen molar-refractivity contribution in [3.8, 4) is 17.0 Å². The van der Waals surface area contributed by atoms with Crippen LogP contribution in [-0.4, -0.2) is 22.8 Å². The zero-order valence-corrected chi connectivity index (χ0v) is 16.9. The molecule has 1 heterocycles. The van der Waals surface area contributed by atoms with Crippen LogP contribution in [0.5, 0.6) is 5.75 Å². The summed E-state index contributed by atoms with van der Waals surface area (Å²) in [6.45, 7) is 0.799. The number of methoxy groups -OCH3 is 1. The number of carbonyl (C=O) groups excluding carboxylic acids is 1. The third-order valence-corrected chi connectivity index (χ3v) is 4.66. The van der Waals surface area contributed by atoms with Gasteiger partial charge in [0.25, 0.3) is 5.56 Å². The van der Waals surface area contributed by atoms with Gasteiger partial charge in [-0.1, -0.05) is 35.9 Å². The normalized spacial score (nSPS) is 10.6. The Labute approximate surface area is 174 Å². The third kappa shape index (κ3) is 5.93. The van der Waals surface area contributed by atoms with Gasteiger partial charge in [0.2, 0.25) is 5.91 Å². The average molecular weight is 412 g/mol. The number of hydrogen-bond acceptors (Lipinski definition) is 4. The molecule has 0 spiro atoms. The van der Waals surface area contributed by atoms with Crippen molar-refractivity contribution >= 4 is 17.5 Å². The van der Waals surface area contributed by atoms with Crippen LogP contribution in [0.2, 0.25) is 5.02 Å². The summed E-state index contributed by atoms with van der Waals surface area (Å²) in [6.07, 6.45) is 0.824. The second-order valence-electron chi connectivity index (χ2n) is 6.52. The van der Waals surface area contributed by atoms with Gasteiger partial charge in [-0.2, -0.15) is 5.10 Å². The number of hydrogen-bond donors (Lipinski definition) is 1. The summed E-state index contributed by atoms with van der Waals surface area (Å²) < 4.78 is 6.56. The van der Waals surface area contributed by atoms with Crippen LogP contribution >= 0.6 is 11.6 Å². The molecule has 0 saturated heterocycles. The number of nitrogens with zero attached hydrogens (tertiary/aromatic N) is 2. The van der Waals surface area contributed by atoms with Crippen molar-refractivity contribution in [2.45, 2.75) is 25.9 Å². The molecule has 29 heavy (non-hydrogen) atoms. The zero-order chi connectivity index (χ0) is 20.6. The molecule has 2 aromatic carbocycles. The molecular weight excluding hydrogens is 390 g/mol. The second-order valence-corrected chi connectivity index (χ2v) is 6.96. The molecule has 1 aromatic heterocycles. The standard InChI is InChI=1S/C22H22ClN3O3/c1-29-19-5-2-4-16(14-19)15-24-21(27)6-3-13-26-22(28)12-11-20(25-26)17-7-9-18(23)10-8-17/h2,4-5,7-12,14H,3,6,13,15H2,1H3,(H,24,27). The molecule has 3 rings (SSSR count). The molecule has 0 aliphatic rings. The molecule has 0 saturated carbocycles. The third-order valence-electron chi connectivity index (χ3n) is 4.40. The monoisotopic (exact) mass is 411 g/mol. The van der Waals surface area contributed by atoms with Crippen molar-refractivity contribution in [3.05, 3.63) is 81.6 Å². The molecule has 0 bridgehead atoms. The molecule has 3 aromatic rings.